The van der Waals surface area contributed by atoms with Crippen molar-refractivity contribution in [2.75, 3.05) is 19.7 Å². The van der Waals surface area contributed by atoms with Crippen LogP contribution in [0.4, 0.5) is 0 Å². The number of aliphatic hydroxyl groups excluding tert-OH is 1. The second kappa shape index (κ2) is 3.09. The minimum atomic E-state index is -0.594. The Morgan fingerprint density at radius 1 is 1.64 bits per heavy atom. The Bertz CT molecular complexity index is 122. The van der Waals surface area contributed by atoms with Gasteiger partial charge >= 0.3 is 0 Å². The van der Waals surface area contributed by atoms with Gasteiger partial charge in [-0.25, -0.2) is 0 Å². The number of rotatable bonds is 2. The summed E-state index contributed by atoms with van der Waals surface area (Å²) in [4.78, 5) is 2.11. The molecule has 0 aliphatic carbocycles. The molecule has 1 aliphatic heterocycles. The SMILES string of the molecule is CCN1C[C@](C)(O)C[C@H]1CO. The molecule has 0 unspecified atom stereocenters. The standard InChI is InChI=1S/C8H17NO2/c1-3-9-6-8(2,11)4-7(9)5-10/h7,10-11H,3-6H2,1-2H3/t7-,8+/m0/s1. The van der Waals surface area contributed by atoms with Crippen LogP contribution < -0.4 is 0 Å². The van der Waals surface area contributed by atoms with Crippen LogP contribution in [0.2, 0.25) is 0 Å². The summed E-state index contributed by atoms with van der Waals surface area (Å²) in [5.74, 6) is 0. The van der Waals surface area contributed by atoms with Crippen LogP contribution in [0.25, 0.3) is 0 Å². The molecule has 0 spiro atoms. The van der Waals surface area contributed by atoms with E-state index in [0.717, 1.165) is 6.54 Å². The molecule has 1 heterocycles. The van der Waals surface area contributed by atoms with Crippen LogP contribution in [0.3, 0.4) is 0 Å². The van der Waals surface area contributed by atoms with Crippen molar-refractivity contribution in [1.29, 1.82) is 0 Å². The summed E-state index contributed by atoms with van der Waals surface area (Å²) in [6.07, 6.45) is 0.692. The van der Waals surface area contributed by atoms with E-state index in [2.05, 4.69) is 4.90 Å². The van der Waals surface area contributed by atoms with Gasteiger partial charge in [-0.15, -0.1) is 0 Å². The lowest BCUT2D eigenvalue weighted by atomic mass is 10.0. The van der Waals surface area contributed by atoms with Crippen LogP contribution >= 0.6 is 0 Å². The van der Waals surface area contributed by atoms with Gasteiger partial charge in [0, 0.05) is 12.6 Å². The molecule has 0 aromatic heterocycles. The van der Waals surface area contributed by atoms with Crippen LogP contribution in [-0.2, 0) is 0 Å². The molecule has 1 aliphatic rings. The Labute approximate surface area is 67.6 Å². The molecule has 1 fully saturated rings. The third-order valence-corrected chi connectivity index (χ3v) is 2.35. The molecule has 0 amide bonds. The molecule has 0 aromatic carbocycles. The first-order valence-electron chi connectivity index (χ1n) is 4.16. The Morgan fingerprint density at radius 3 is 2.64 bits per heavy atom. The van der Waals surface area contributed by atoms with Crippen LogP contribution in [0, 0.1) is 0 Å². The maximum Gasteiger partial charge on any atom is 0.0762 e. The molecular formula is C8H17NO2. The predicted molar refractivity (Wildman–Crippen MR) is 43.4 cm³/mol. The van der Waals surface area contributed by atoms with Crippen LogP contribution in [0.15, 0.2) is 0 Å². The van der Waals surface area contributed by atoms with Gasteiger partial charge in [-0.2, -0.15) is 0 Å². The van der Waals surface area contributed by atoms with Crippen LogP contribution in [-0.4, -0.2) is 46.5 Å². The molecular weight excluding hydrogens is 142 g/mol. The largest absolute Gasteiger partial charge is 0.395 e. The molecule has 3 nitrogen and oxygen atoms in total. The van der Waals surface area contributed by atoms with Crippen LogP contribution in [0.5, 0.6) is 0 Å². The zero-order valence-electron chi connectivity index (χ0n) is 7.25. The molecule has 3 heteroatoms. The van der Waals surface area contributed by atoms with E-state index in [1.54, 1.807) is 0 Å². The minimum absolute atomic E-state index is 0.157. The quantitative estimate of drug-likeness (QED) is 0.587. The third kappa shape index (κ3) is 1.92. The maximum absolute atomic E-state index is 9.64. The first kappa shape index (κ1) is 8.97. The highest BCUT2D eigenvalue weighted by Gasteiger charge is 2.37. The minimum Gasteiger partial charge on any atom is -0.395 e. The normalized spacial score (nSPS) is 39.8. The molecule has 11 heavy (non-hydrogen) atoms. The second-order valence-electron chi connectivity index (χ2n) is 3.60. The van der Waals surface area contributed by atoms with Gasteiger partial charge in [0.15, 0.2) is 0 Å². The third-order valence-electron chi connectivity index (χ3n) is 2.35. The van der Waals surface area contributed by atoms with Crippen molar-refractivity contribution in [2.45, 2.75) is 31.9 Å². The van der Waals surface area contributed by atoms with Gasteiger partial charge < -0.3 is 10.2 Å². The van der Waals surface area contributed by atoms with E-state index < -0.39 is 5.60 Å². The summed E-state index contributed by atoms with van der Waals surface area (Å²) >= 11 is 0. The highest BCUT2D eigenvalue weighted by Crippen LogP contribution is 2.25. The fourth-order valence-corrected chi connectivity index (χ4v) is 1.82. The molecule has 66 valence electrons. The Kier molecular flexibility index (Phi) is 2.52. The first-order valence-corrected chi connectivity index (χ1v) is 4.16. The average Bonchev–Trinajstić information content (AvgIpc) is 2.25. The Hall–Kier alpha value is -0.120. The van der Waals surface area contributed by atoms with Gasteiger partial charge in [-0.05, 0) is 19.9 Å². The molecule has 1 saturated heterocycles. The Balaban J connectivity index is 2.55. The number of hydrogen-bond acceptors (Lipinski definition) is 3. The van der Waals surface area contributed by atoms with Crippen molar-refractivity contribution in [1.82, 2.24) is 4.90 Å². The fraction of sp³-hybridized carbons (Fsp3) is 1.00. The van der Waals surface area contributed by atoms with E-state index in [1.165, 1.54) is 0 Å². The molecule has 2 atom stereocenters. The molecule has 0 radical (unpaired) electrons. The lowest BCUT2D eigenvalue weighted by Gasteiger charge is -2.19. The van der Waals surface area contributed by atoms with Gasteiger partial charge in [0.2, 0.25) is 0 Å². The number of hydrogen-bond donors (Lipinski definition) is 2. The van der Waals surface area contributed by atoms with E-state index in [4.69, 9.17) is 5.11 Å². The van der Waals surface area contributed by atoms with E-state index >= 15 is 0 Å². The summed E-state index contributed by atoms with van der Waals surface area (Å²) in [5, 5.41) is 18.6. The lowest BCUT2D eigenvalue weighted by molar-refractivity contribution is 0.0693. The van der Waals surface area contributed by atoms with E-state index in [9.17, 15) is 5.11 Å². The van der Waals surface area contributed by atoms with Crippen molar-refractivity contribution in [2.24, 2.45) is 0 Å². The van der Waals surface area contributed by atoms with Crippen LogP contribution in [0.1, 0.15) is 20.3 Å². The van der Waals surface area contributed by atoms with Crippen molar-refractivity contribution in [3.8, 4) is 0 Å². The summed E-state index contributed by atoms with van der Waals surface area (Å²) < 4.78 is 0. The number of likely N-dealkylation sites (tertiary alicyclic amines) is 1. The number of likely N-dealkylation sites (N-methyl/N-ethyl adjacent to an activating group) is 1. The molecule has 1 rings (SSSR count). The highest BCUT2D eigenvalue weighted by atomic mass is 16.3. The van der Waals surface area contributed by atoms with E-state index in [1.807, 2.05) is 13.8 Å². The zero-order valence-corrected chi connectivity index (χ0v) is 7.25. The van der Waals surface area contributed by atoms with Gasteiger partial charge in [-0.1, -0.05) is 6.92 Å². The number of aliphatic hydroxyl groups is 2. The van der Waals surface area contributed by atoms with Crippen molar-refractivity contribution >= 4 is 0 Å². The average molecular weight is 159 g/mol. The van der Waals surface area contributed by atoms with E-state index in [-0.39, 0.29) is 12.6 Å². The molecule has 2 N–H and O–H groups in total. The molecule has 0 saturated carbocycles. The Morgan fingerprint density at radius 2 is 2.27 bits per heavy atom. The number of nitrogens with zero attached hydrogens (tertiary/aromatic N) is 1. The van der Waals surface area contributed by atoms with Gasteiger partial charge in [-0.3, -0.25) is 4.90 Å². The summed E-state index contributed by atoms with van der Waals surface area (Å²) in [5.41, 5.74) is -0.594. The van der Waals surface area contributed by atoms with Crippen molar-refractivity contribution in [3.63, 3.8) is 0 Å². The monoisotopic (exact) mass is 159 g/mol. The number of β-amino-alcohol motifs (C(OH)–C–C–N with tert-alkyl or cyclic N) is 1. The van der Waals surface area contributed by atoms with E-state index in [0.29, 0.717) is 13.0 Å². The first-order chi connectivity index (χ1) is 5.09. The smallest absolute Gasteiger partial charge is 0.0762 e. The zero-order chi connectivity index (χ0) is 8.48. The lowest BCUT2D eigenvalue weighted by Crippen LogP contribution is -2.33. The topological polar surface area (TPSA) is 43.7 Å². The fourth-order valence-electron chi connectivity index (χ4n) is 1.82. The van der Waals surface area contributed by atoms with Crippen molar-refractivity contribution < 1.29 is 10.2 Å². The summed E-state index contributed by atoms with van der Waals surface area (Å²) in [6, 6.07) is 0.162. The second-order valence-corrected chi connectivity index (χ2v) is 3.60. The predicted octanol–water partition coefficient (Wildman–Crippen LogP) is -0.176. The summed E-state index contributed by atoms with van der Waals surface area (Å²) in [7, 11) is 0. The molecule has 0 bridgehead atoms. The highest BCUT2D eigenvalue weighted by molar-refractivity contribution is 4.92. The van der Waals surface area contributed by atoms with Gasteiger partial charge in [0.25, 0.3) is 0 Å². The van der Waals surface area contributed by atoms with Gasteiger partial charge in [0.1, 0.15) is 0 Å². The maximum atomic E-state index is 9.64. The summed E-state index contributed by atoms with van der Waals surface area (Å²) in [6.45, 7) is 5.62. The van der Waals surface area contributed by atoms with Crippen molar-refractivity contribution in [3.05, 3.63) is 0 Å². The molecule has 0 aromatic rings. The van der Waals surface area contributed by atoms with Gasteiger partial charge in [0.05, 0.1) is 12.2 Å².